The fraction of sp³-hybridized carbons (Fsp3) is 0.0870. The summed E-state index contributed by atoms with van der Waals surface area (Å²) in [5.74, 6) is 1.96. The van der Waals surface area contributed by atoms with Gasteiger partial charge in [-0.05, 0) is 36.0 Å². The number of anilines is 2. The number of hydrogen-bond acceptors (Lipinski definition) is 5. The molecule has 7 heteroatoms. The molecule has 0 spiro atoms. The van der Waals surface area contributed by atoms with Crippen molar-refractivity contribution in [3.63, 3.8) is 0 Å². The third kappa shape index (κ3) is 5.77. The molecule has 5 rings (SSSR count). The van der Waals surface area contributed by atoms with Crippen LogP contribution in [-0.4, -0.2) is 35.6 Å². The number of nitrogens with zero attached hydrogens (tertiary/aromatic N) is 5. The van der Waals surface area contributed by atoms with Gasteiger partial charge in [-0.3, -0.25) is 0 Å². The Morgan fingerprint density at radius 2 is 1.23 bits per heavy atom. The molecule has 0 N–H and O–H groups in total. The van der Waals surface area contributed by atoms with Crippen molar-refractivity contribution in [3.05, 3.63) is 104 Å². The van der Waals surface area contributed by atoms with E-state index in [4.69, 9.17) is 0 Å². The Morgan fingerprint density at radius 1 is 0.667 bits per heavy atom. The van der Waals surface area contributed by atoms with Crippen LogP contribution in [-0.2, 0) is 21.1 Å². The second-order valence-electron chi connectivity index (χ2n) is 6.37. The van der Waals surface area contributed by atoms with Gasteiger partial charge in [-0.1, -0.05) is 24.3 Å². The van der Waals surface area contributed by atoms with E-state index in [1.54, 1.807) is 6.20 Å². The normalized spacial score (nSPS) is 12.3. The smallest absolute Gasteiger partial charge is 0.382 e. The Morgan fingerprint density at radius 3 is 1.70 bits per heavy atom. The summed E-state index contributed by atoms with van der Waals surface area (Å²) in [6.45, 7) is 1.88. The second-order valence-corrected chi connectivity index (χ2v) is 6.37. The molecule has 0 aliphatic carbocycles. The Hall–Kier alpha value is -2.98. The Labute approximate surface area is 192 Å². The largest absolute Gasteiger partial charge is 0.394 e. The minimum atomic E-state index is 0. The van der Waals surface area contributed by atoms with Gasteiger partial charge in [0.2, 0.25) is 0 Å². The number of pyridine rings is 3. The van der Waals surface area contributed by atoms with Crippen LogP contribution in [0.5, 0.6) is 0 Å². The summed E-state index contributed by atoms with van der Waals surface area (Å²) in [6, 6.07) is 28.7. The molecule has 0 bridgehead atoms. The molecule has 30 heavy (non-hydrogen) atoms. The summed E-state index contributed by atoms with van der Waals surface area (Å²) in [7, 11) is 2.06. The van der Waals surface area contributed by atoms with Crippen molar-refractivity contribution in [2.45, 2.75) is 0 Å². The van der Waals surface area contributed by atoms with Crippen molar-refractivity contribution >= 4 is 19.2 Å². The molecule has 1 saturated heterocycles. The van der Waals surface area contributed by atoms with Crippen molar-refractivity contribution < 1.29 is 21.1 Å². The topological polar surface area (TPSA) is 45.2 Å². The van der Waals surface area contributed by atoms with Crippen LogP contribution in [0.3, 0.4) is 0 Å². The van der Waals surface area contributed by atoms with E-state index in [1.165, 1.54) is 0 Å². The van der Waals surface area contributed by atoms with Crippen LogP contribution in [0.15, 0.2) is 97.5 Å². The van der Waals surface area contributed by atoms with E-state index < -0.39 is 0 Å². The summed E-state index contributed by atoms with van der Waals surface area (Å²) < 4.78 is 0. The van der Waals surface area contributed by atoms with Gasteiger partial charge in [0.05, 0.1) is 0 Å². The van der Waals surface area contributed by atoms with Crippen LogP contribution in [0.4, 0.5) is 11.6 Å². The first kappa shape index (κ1) is 21.7. The van der Waals surface area contributed by atoms with Gasteiger partial charge in [0.15, 0.2) is 0 Å². The first-order valence-corrected chi connectivity index (χ1v) is 9.48. The summed E-state index contributed by atoms with van der Waals surface area (Å²) in [5, 5.41) is 0. The first-order chi connectivity index (χ1) is 14.4. The maximum absolute atomic E-state index is 4.34. The van der Waals surface area contributed by atoms with E-state index in [-0.39, 0.29) is 21.1 Å². The first-order valence-electron chi connectivity index (χ1n) is 9.48. The fourth-order valence-corrected chi connectivity index (χ4v) is 2.97. The molecule has 1 radical (unpaired) electrons. The molecule has 151 valence electrons. The minimum Gasteiger partial charge on any atom is -0.382 e. The average Bonchev–Trinajstić information content (AvgIpc) is 3.32. The van der Waals surface area contributed by atoms with Crippen LogP contribution in [0.1, 0.15) is 0 Å². The quantitative estimate of drug-likeness (QED) is 0.276. The zero-order chi connectivity index (χ0) is 19.7. The van der Waals surface area contributed by atoms with Crippen molar-refractivity contribution in [1.82, 2.24) is 15.0 Å². The van der Waals surface area contributed by atoms with Gasteiger partial charge in [0, 0.05) is 52.7 Å². The molecule has 0 unspecified atom stereocenters. The number of rotatable bonds is 3. The van der Waals surface area contributed by atoms with Gasteiger partial charge in [-0.15, -0.1) is 35.9 Å². The van der Waals surface area contributed by atoms with Gasteiger partial charge in [0.25, 0.3) is 0 Å². The van der Waals surface area contributed by atoms with E-state index in [9.17, 15) is 0 Å². The maximum Gasteiger partial charge on any atom is 0.394 e. The summed E-state index contributed by atoms with van der Waals surface area (Å²) >= 11 is 0. The average molecular weight is 572 g/mol. The van der Waals surface area contributed by atoms with Crippen LogP contribution >= 0.6 is 0 Å². The zero-order valence-electron chi connectivity index (χ0n) is 16.3. The Bertz CT molecular complexity index is 908. The zero-order valence-corrected chi connectivity index (χ0v) is 18.6. The SMILES string of the molecule is [B]1N(c2ccccn2)CCN1c1ccccn1.[Pt].[c-]1ccccc1-c1ccccn1. The van der Waals surface area contributed by atoms with Crippen molar-refractivity contribution in [3.8, 4) is 11.3 Å². The van der Waals surface area contributed by atoms with Gasteiger partial charge in [-0.2, -0.15) is 0 Å². The molecule has 0 atom stereocenters. The molecule has 5 nitrogen and oxygen atoms in total. The maximum atomic E-state index is 4.34. The van der Waals surface area contributed by atoms with Crippen molar-refractivity contribution in [2.24, 2.45) is 0 Å². The number of hydrogen-bond donors (Lipinski definition) is 0. The standard InChI is InChI=1S/C12H12BN4.C11H8N.Pt/c1-3-7-14-11(5-1)16-9-10-17(13-16)12-6-2-4-8-15-12;1-2-6-10(7-3-1)11-8-4-5-9-12-11;/h1-8H,9-10H2;1-6,8-9H;/q;-1;. The van der Waals surface area contributed by atoms with Crippen molar-refractivity contribution in [2.75, 3.05) is 22.7 Å². The van der Waals surface area contributed by atoms with Gasteiger partial charge < -0.3 is 14.6 Å². The molecule has 4 heterocycles. The third-order valence-corrected chi connectivity index (χ3v) is 4.40. The monoisotopic (exact) mass is 572 g/mol. The summed E-state index contributed by atoms with van der Waals surface area (Å²) in [6.07, 6.45) is 5.41. The van der Waals surface area contributed by atoms with Crippen LogP contribution in [0.2, 0.25) is 0 Å². The summed E-state index contributed by atoms with van der Waals surface area (Å²) in [5.41, 5.74) is 2.01. The molecular weight excluding hydrogens is 552 g/mol. The predicted molar refractivity (Wildman–Crippen MR) is 117 cm³/mol. The summed E-state index contributed by atoms with van der Waals surface area (Å²) in [4.78, 5) is 17.2. The molecule has 1 aliphatic rings. The molecule has 1 aromatic carbocycles. The minimum absolute atomic E-state index is 0. The molecule has 1 aliphatic heterocycles. The van der Waals surface area contributed by atoms with Crippen LogP contribution < -0.4 is 9.62 Å². The van der Waals surface area contributed by atoms with Gasteiger partial charge in [-0.25, -0.2) is 9.97 Å². The molecule has 0 amide bonds. The Balaban J connectivity index is 0.000000175. The fourth-order valence-electron chi connectivity index (χ4n) is 2.97. The van der Waals surface area contributed by atoms with Crippen LogP contribution in [0, 0.1) is 6.07 Å². The van der Waals surface area contributed by atoms with Gasteiger partial charge >= 0.3 is 7.55 Å². The van der Waals surface area contributed by atoms with Crippen LogP contribution in [0.25, 0.3) is 11.3 Å². The van der Waals surface area contributed by atoms with Gasteiger partial charge in [0.1, 0.15) is 11.6 Å². The molecular formula is C23H20BN5Pt-. The third-order valence-electron chi connectivity index (χ3n) is 4.40. The van der Waals surface area contributed by atoms with Crippen molar-refractivity contribution in [1.29, 1.82) is 0 Å². The van der Waals surface area contributed by atoms with E-state index >= 15 is 0 Å². The Kier molecular flexibility index (Phi) is 8.16. The van der Waals surface area contributed by atoms with E-state index in [0.29, 0.717) is 0 Å². The number of benzene rings is 1. The number of aromatic nitrogens is 3. The second kappa shape index (κ2) is 11.3. The van der Waals surface area contributed by atoms with E-state index in [0.717, 1.165) is 36.0 Å². The van der Waals surface area contributed by atoms with E-state index in [2.05, 4.69) is 38.2 Å². The van der Waals surface area contributed by atoms with E-state index in [1.807, 2.05) is 91.3 Å². The molecule has 3 aromatic heterocycles. The molecule has 0 saturated carbocycles. The molecule has 1 fully saturated rings. The predicted octanol–water partition coefficient (Wildman–Crippen LogP) is 3.88. The molecule has 4 aromatic rings.